The van der Waals surface area contributed by atoms with Crippen LogP contribution in [0.3, 0.4) is 0 Å². The van der Waals surface area contributed by atoms with Gasteiger partial charge >= 0.3 is 0 Å². The number of nitrogen functional groups attached to an aromatic ring is 1. The molecule has 0 aliphatic carbocycles. The molecule has 0 spiro atoms. The zero-order chi connectivity index (χ0) is 11.8. The van der Waals surface area contributed by atoms with E-state index >= 15 is 0 Å². The van der Waals surface area contributed by atoms with Crippen LogP contribution in [0.4, 0.5) is 5.82 Å². The van der Waals surface area contributed by atoms with E-state index in [1.54, 1.807) is 13.2 Å². The third-order valence-corrected chi connectivity index (χ3v) is 1.95. The fourth-order valence-electron chi connectivity index (χ4n) is 1.22. The number of aromatic nitrogens is 2. The molecule has 0 atom stereocenters. The fraction of sp³-hybridized carbons (Fsp3) is 0.600. The molecule has 1 aromatic rings. The van der Waals surface area contributed by atoms with Crippen molar-refractivity contribution in [3.8, 4) is 0 Å². The van der Waals surface area contributed by atoms with E-state index in [1.165, 1.54) is 0 Å². The Morgan fingerprint density at radius 3 is 2.81 bits per heavy atom. The summed E-state index contributed by atoms with van der Waals surface area (Å²) in [4.78, 5) is 8.49. The quantitative estimate of drug-likeness (QED) is 0.395. The van der Waals surface area contributed by atoms with Gasteiger partial charge in [0.2, 0.25) is 0 Å². The molecule has 6 heteroatoms. The molecule has 6 nitrogen and oxygen atoms in total. The summed E-state index contributed by atoms with van der Waals surface area (Å²) in [6.07, 6.45) is 0.667. The Morgan fingerprint density at radius 2 is 2.12 bits per heavy atom. The van der Waals surface area contributed by atoms with E-state index in [0.717, 1.165) is 11.5 Å². The molecule has 0 unspecified atom stereocenters. The van der Waals surface area contributed by atoms with Gasteiger partial charge in [-0.2, -0.15) is 0 Å². The molecule has 0 amide bonds. The van der Waals surface area contributed by atoms with Crippen LogP contribution in [-0.2, 0) is 15.9 Å². The molecule has 1 rings (SSSR count). The largest absolute Gasteiger partial charge is 0.382 e. The van der Waals surface area contributed by atoms with Crippen molar-refractivity contribution >= 4 is 5.82 Å². The van der Waals surface area contributed by atoms with Gasteiger partial charge in [0.1, 0.15) is 11.6 Å². The van der Waals surface area contributed by atoms with Crippen molar-refractivity contribution in [3.05, 3.63) is 17.6 Å². The van der Waals surface area contributed by atoms with Crippen molar-refractivity contribution in [2.45, 2.75) is 13.3 Å². The molecule has 0 aliphatic rings. The maximum absolute atomic E-state index is 5.33. The lowest BCUT2D eigenvalue weighted by atomic mass is 10.3. The Kier molecular flexibility index (Phi) is 5.69. The topological polar surface area (TPSA) is 82.3 Å². The van der Waals surface area contributed by atoms with Crippen LogP contribution in [0.2, 0.25) is 0 Å². The predicted octanol–water partition coefficient (Wildman–Crippen LogP) is 0.276. The summed E-state index contributed by atoms with van der Waals surface area (Å²) in [5, 5.41) is 0. The van der Waals surface area contributed by atoms with E-state index in [2.05, 4.69) is 15.4 Å². The molecule has 1 aromatic heterocycles. The second-order valence-electron chi connectivity index (χ2n) is 3.31. The van der Waals surface area contributed by atoms with Crippen LogP contribution in [0.5, 0.6) is 0 Å². The molecule has 1 heterocycles. The number of ether oxygens (including phenoxy) is 2. The van der Waals surface area contributed by atoms with Gasteiger partial charge in [-0.3, -0.25) is 0 Å². The Morgan fingerprint density at radius 1 is 1.31 bits per heavy atom. The van der Waals surface area contributed by atoms with E-state index in [0.29, 0.717) is 32.1 Å². The summed E-state index contributed by atoms with van der Waals surface area (Å²) in [6, 6.07) is 1.79. The highest BCUT2D eigenvalue weighted by atomic mass is 16.5. The molecule has 0 fully saturated rings. The molecule has 0 aliphatic heterocycles. The zero-order valence-corrected chi connectivity index (χ0v) is 9.69. The predicted molar refractivity (Wildman–Crippen MR) is 61.0 cm³/mol. The third-order valence-electron chi connectivity index (χ3n) is 1.95. The highest BCUT2D eigenvalue weighted by Crippen LogP contribution is 2.04. The Hall–Kier alpha value is -1.24. The van der Waals surface area contributed by atoms with Crippen LogP contribution in [0.15, 0.2) is 6.07 Å². The van der Waals surface area contributed by atoms with Crippen molar-refractivity contribution in [2.24, 2.45) is 5.84 Å². The lowest BCUT2D eigenvalue weighted by molar-refractivity contribution is 0.0716. The zero-order valence-electron chi connectivity index (χ0n) is 9.69. The van der Waals surface area contributed by atoms with Gasteiger partial charge in [0.25, 0.3) is 0 Å². The van der Waals surface area contributed by atoms with Crippen molar-refractivity contribution in [1.82, 2.24) is 9.97 Å². The van der Waals surface area contributed by atoms with Crippen LogP contribution in [0.25, 0.3) is 0 Å². The van der Waals surface area contributed by atoms with Crippen molar-refractivity contribution in [1.29, 1.82) is 0 Å². The molecule has 0 saturated carbocycles. The smallest absolute Gasteiger partial charge is 0.143 e. The number of nitrogens with zero attached hydrogens (tertiary/aromatic N) is 2. The van der Waals surface area contributed by atoms with Crippen LogP contribution in [0.1, 0.15) is 11.5 Å². The second-order valence-corrected chi connectivity index (χ2v) is 3.31. The first kappa shape index (κ1) is 12.8. The highest BCUT2D eigenvalue weighted by molar-refractivity contribution is 5.33. The van der Waals surface area contributed by atoms with Gasteiger partial charge in [0, 0.05) is 25.3 Å². The van der Waals surface area contributed by atoms with E-state index in [9.17, 15) is 0 Å². The Balaban J connectivity index is 2.38. The van der Waals surface area contributed by atoms with Crippen LogP contribution >= 0.6 is 0 Å². The molecule has 0 aromatic carbocycles. The first-order chi connectivity index (χ1) is 7.76. The van der Waals surface area contributed by atoms with Crippen molar-refractivity contribution < 1.29 is 9.47 Å². The van der Waals surface area contributed by atoms with Gasteiger partial charge in [-0.25, -0.2) is 15.8 Å². The maximum atomic E-state index is 5.33. The molecular weight excluding hydrogens is 208 g/mol. The summed E-state index contributed by atoms with van der Waals surface area (Å²) >= 11 is 0. The minimum Gasteiger partial charge on any atom is -0.382 e. The summed E-state index contributed by atoms with van der Waals surface area (Å²) in [6.45, 7) is 3.67. The Labute approximate surface area is 95.1 Å². The first-order valence-corrected chi connectivity index (χ1v) is 5.14. The van der Waals surface area contributed by atoms with Gasteiger partial charge in [0.05, 0.1) is 19.8 Å². The van der Waals surface area contributed by atoms with E-state index in [4.69, 9.17) is 15.3 Å². The van der Waals surface area contributed by atoms with E-state index in [-0.39, 0.29) is 0 Å². The number of nitrogens with two attached hydrogens (primary N) is 1. The number of hydrogen-bond acceptors (Lipinski definition) is 6. The van der Waals surface area contributed by atoms with Crippen molar-refractivity contribution in [2.75, 3.05) is 32.4 Å². The minimum absolute atomic E-state index is 0.580. The summed E-state index contributed by atoms with van der Waals surface area (Å²) in [5.41, 5.74) is 3.39. The number of aryl methyl sites for hydroxylation is 1. The van der Waals surface area contributed by atoms with Gasteiger partial charge < -0.3 is 14.9 Å². The van der Waals surface area contributed by atoms with E-state index < -0.39 is 0 Å². The lowest BCUT2D eigenvalue weighted by Crippen LogP contribution is -2.12. The average molecular weight is 226 g/mol. The third kappa shape index (κ3) is 4.52. The monoisotopic (exact) mass is 226 g/mol. The molecule has 3 N–H and O–H groups in total. The van der Waals surface area contributed by atoms with Gasteiger partial charge in [0.15, 0.2) is 0 Å². The molecule has 0 bridgehead atoms. The number of nitrogens with one attached hydrogen (secondary N) is 1. The molecule has 90 valence electrons. The molecule has 0 radical (unpaired) electrons. The minimum atomic E-state index is 0.580. The number of hydrazine groups is 1. The van der Waals surface area contributed by atoms with Crippen LogP contribution in [0, 0.1) is 6.92 Å². The highest BCUT2D eigenvalue weighted by Gasteiger charge is 2.01. The number of hydrogen-bond donors (Lipinski definition) is 2. The summed E-state index contributed by atoms with van der Waals surface area (Å²) < 4.78 is 10.2. The van der Waals surface area contributed by atoms with E-state index in [1.807, 2.05) is 6.92 Å². The normalized spacial score (nSPS) is 10.4. The summed E-state index contributed by atoms with van der Waals surface area (Å²) in [5.74, 6) is 6.65. The van der Waals surface area contributed by atoms with Gasteiger partial charge in [-0.05, 0) is 6.92 Å². The maximum Gasteiger partial charge on any atom is 0.143 e. The van der Waals surface area contributed by atoms with Crippen molar-refractivity contribution in [3.63, 3.8) is 0 Å². The van der Waals surface area contributed by atoms with Gasteiger partial charge in [-0.15, -0.1) is 0 Å². The Bertz CT molecular complexity index is 320. The lowest BCUT2D eigenvalue weighted by Gasteiger charge is -2.06. The van der Waals surface area contributed by atoms with Crippen LogP contribution in [-0.4, -0.2) is 36.9 Å². The number of anilines is 1. The average Bonchev–Trinajstić information content (AvgIpc) is 2.28. The standard InChI is InChI=1S/C10H18N4O2/c1-8-7-10(14-11)13-9(12-8)3-4-16-6-5-15-2/h7H,3-6,11H2,1-2H3,(H,12,13,14). The second kappa shape index (κ2) is 7.10. The summed E-state index contributed by atoms with van der Waals surface area (Å²) in [7, 11) is 1.65. The molecule has 16 heavy (non-hydrogen) atoms. The number of rotatable bonds is 7. The van der Waals surface area contributed by atoms with Crippen LogP contribution < -0.4 is 11.3 Å². The first-order valence-electron chi connectivity index (χ1n) is 5.14. The fourth-order valence-corrected chi connectivity index (χ4v) is 1.22. The SMILES string of the molecule is COCCOCCc1nc(C)cc(NN)n1. The molecule has 0 saturated heterocycles. The molecular formula is C10H18N4O2. The van der Waals surface area contributed by atoms with Gasteiger partial charge in [-0.1, -0.05) is 0 Å². The number of methoxy groups -OCH3 is 1.